The van der Waals surface area contributed by atoms with Crippen molar-refractivity contribution in [1.82, 2.24) is 15.5 Å². The highest BCUT2D eigenvalue weighted by Crippen LogP contribution is 2.14. The second-order valence-electron chi connectivity index (χ2n) is 6.41. The first kappa shape index (κ1) is 22.9. The summed E-state index contributed by atoms with van der Waals surface area (Å²) in [6.07, 6.45) is 0. The smallest absolute Gasteiger partial charge is 0.191 e. The van der Waals surface area contributed by atoms with Gasteiger partial charge in [-0.1, -0.05) is 30.3 Å². The third-order valence-corrected chi connectivity index (χ3v) is 5.06. The first-order valence-corrected chi connectivity index (χ1v) is 9.79. The van der Waals surface area contributed by atoms with Crippen molar-refractivity contribution in [2.45, 2.75) is 46.4 Å². The molecular formula is C20H31IN4S. The monoisotopic (exact) mass is 486 g/mol. The molecule has 0 aliphatic rings. The molecule has 0 radical (unpaired) electrons. The van der Waals surface area contributed by atoms with Crippen LogP contribution in [0.1, 0.15) is 36.8 Å². The van der Waals surface area contributed by atoms with E-state index in [-0.39, 0.29) is 24.0 Å². The SMILES string of the molecule is CCNC(=NCc1ccccc1CN(C)C(C)C)NCc1cccs1.I. The molecule has 26 heavy (non-hydrogen) atoms. The van der Waals surface area contributed by atoms with Crippen LogP contribution in [-0.2, 0) is 19.6 Å². The Labute approximate surface area is 179 Å². The average Bonchev–Trinajstić information content (AvgIpc) is 3.12. The maximum Gasteiger partial charge on any atom is 0.191 e. The lowest BCUT2D eigenvalue weighted by Crippen LogP contribution is -2.36. The summed E-state index contributed by atoms with van der Waals surface area (Å²) in [6.45, 7) is 9.82. The predicted octanol–water partition coefficient (Wildman–Crippen LogP) is 4.46. The van der Waals surface area contributed by atoms with E-state index in [9.17, 15) is 0 Å². The number of halogens is 1. The molecule has 4 nitrogen and oxygen atoms in total. The number of nitrogens with zero attached hydrogens (tertiary/aromatic N) is 2. The van der Waals surface area contributed by atoms with Crippen molar-refractivity contribution in [3.63, 3.8) is 0 Å². The fourth-order valence-corrected chi connectivity index (χ4v) is 3.05. The van der Waals surface area contributed by atoms with Crippen molar-refractivity contribution in [3.8, 4) is 0 Å². The minimum absolute atomic E-state index is 0. The number of hydrogen-bond donors (Lipinski definition) is 2. The van der Waals surface area contributed by atoms with E-state index in [0.717, 1.165) is 25.6 Å². The van der Waals surface area contributed by atoms with Crippen LogP contribution in [-0.4, -0.2) is 30.5 Å². The number of hydrogen-bond acceptors (Lipinski definition) is 3. The predicted molar refractivity (Wildman–Crippen MR) is 124 cm³/mol. The fraction of sp³-hybridized carbons (Fsp3) is 0.450. The van der Waals surface area contributed by atoms with Crippen molar-refractivity contribution < 1.29 is 0 Å². The molecule has 0 aliphatic heterocycles. The maximum absolute atomic E-state index is 4.78. The van der Waals surface area contributed by atoms with Gasteiger partial charge >= 0.3 is 0 Å². The molecular weight excluding hydrogens is 455 g/mol. The highest BCUT2D eigenvalue weighted by molar-refractivity contribution is 14.0. The Balaban J connectivity index is 0.00000338. The molecule has 0 bridgehead atoms. The molecule has 6 heteroatoms. The van der Waals surface area contributed by atoms with Gasteiger partial charge in [0.1, 0.15) is 0 Å². The van der Waals surface area contributed by atoms with Gasteiger partial charge in [0.15, 0.2) is 5.96 Å². The molecule has 0 aliphatic carbocycles. The second kappa shape index (κ2) is 12.3. The molecule has 1 aromatic heterocycles. The molecule has 0 saturated heterocycles. The molecule has 0 saturated carbocycles. The summed E-state index contributed by atoms with van der Waals surface area (Å²) in [5.74, 6) is 0.864. The van der Waals surface area contributed by atoms with Gasteiger partial charge in [-0.25, -0.2) is 4.99 Å². The van der Waals surface area contributed by atoms with Crippen molar-refractivity contribution in [2.75, 3.05) is 13.6 Å². The maximum atomic E-state index is 4.78. The summed E-state index contributed by atoms with van der Waals surface area (Å²) in [4.78, 5) is 8.44. The summed E-state index contributed by atoms with van der Waals surface area (Å²) in [5, 5.41) is 8.84. The van der Waals surface area contributed by atoms with E-state index >= 15 is 0 Å². The number of thiophene rings is 1. The van der Waals surface area contributed by atoms with Gasteiger partial charge in [-0.15, -0.1) is 35.3 Å². The van der Waals surface area contributed by atoms with E-state index in [2.05, 4.69) is 85.1 Å². The van der Waals surface area contributed by atoms with E-state index in [1.54, 1.807) is 11.3 Å². The minimum Gasteiger partial charge on any atom is -0.357 e. The summed E-state index contributed by atoms with van der Waals surface area (Å²) < 4.78 is 0. The van der Waals surface area contributed by atoms with Crippen LogP contribution in [0, 0.1) is 0 Å². The summed E-state index contributed by atoms with van der Waals surface area (Å²) in [5.41, 5.74) is 2.62. The Morgan fingerprint density at radius 2 is 1.85 bits per heavy atom. The third kappa shape index (κ3) is 7.63. The average molecular weight is 486 g/mol. The number of nitrogens with one attached hydrogen (secondary N) is 2. The van der Waals surface area contributed by atoms with Crippen molar-refractivity contribution in [2.24, 2.45) is 4.99 Å². The third-order valence-electron chi connectivity index (χ3n) is 4.18. The summed E-state index contributed by atoms with van der Waals surface area (Å²) in [6, 6.07) is 13.3. The highest BCUT2D eigenvalue weighted by atomic mass is 127. The molecule has 2 N–H and O–H groups in total. The second-order valence-corrected chi connectivity index (χ2v) is 7.44. The van der Waals surface area contributed by atoms with Gasteiger partial charge in [0.25, 0.3) is 0 Å². The zero-order valence-electron chi connectivity index (χ0n) is 16.2. The van der Waals surface area contributed by atoms with Crippen molar-refractivity contribution in [1.29, 1.82) is 0 Å². The fourth-order valence-electron chi connectivity index (χ4n) is 2.41. The van der Waals surface area contributed by atoms with Gasteiger partial charge in [-0.3, -0.25) is 4.90 Å². The first-order chi connectivity index (χ1) is 12.1. The quantitative estimate of drug-likeness (QED) is 0.329. The van der Waals surface area contributed by atoms with Gasteiger partial charge in [-0.05, 0) is 50.4 Å². The van der Waals surface area contributed by atoms with E-state index in [1.165, 1.54) is 16.0 Å². The Hall–Kier alpha value is -1.12. The number of aliphatic imine (C=N–C) groups is 1. The van der Waals surface area contributed by atoms with Crippen LogP contribution in [0.4, 0.5) is 0 Å². The van der Waals surface area contributed by atoms with Gasteiger partial charge in [0, 0.05) is 24.0 Å². The molecule has 1 aromatic carbocycles. The normalized spacial score (nSPS) is 11.5. The Bertz CT molecular complexity index is 656. The van der Waals surface area contributed by atoms with Crippen LogP contribution < -0.4 is 10.6 Å². The largest absolute Gasteiger partial charge is 0.357 e. The van der Waals surface area contributed by atoms with E-state index in [1.807, 2.05) is 0 Å². The Morgan fingerprint density at radius 1 is 1.12 bits per heavy atom. The molecule has 0 amide bonds. The topological polar surface area (TPSA) is 39.7 Å². The van der Waals surface area contributed by atoms with Crippen molar-refractivity contribution >= 4 is 41.3 Å². The molecule has 144 valence electrons. The lowest BCUT2D eigenvalue weighted by molar-refractivity contribution is 0.265. The highest BCUT2D eigenvalue weighted by Gasteiger charge is 2.08. The number of guanidine groups is 1. The van der Waals surface area contributed by atoms with Crippen molar-refractivity contribution in [3.05, 3.63) is 57.8 Å². The summed E-state index contributed by atoms with van der Waals surface area (Å²) in [7, 11) is 2.16. The Kier molecular flexibility index (Phi) is 10.8. The van der Waals surface area contributed by atoms with Gasteiger partial charge in [0.05, 0.1) is 13.1 Å². The zero-order valence-corrected chi connectivity index (χ0v) is 19.3. The number of rotatable bonds is 8. The van der Waals surface area contributed by atoms with Crippen LogP contribution in [0.25, 0.3) is 0 Å². The van der Waals surface area contributed by atoms with E-state index in [0.29, 0.717) is 12.6 Å². The zero-order chi connectivity index (χ0) is 18.1. The van der Waals surface area contributed by atoms with Gasteiger partial charge in [0.2, 0.25) is 0 Å². The molecule has 1 heterocycles. The lowest BCUT2D eigenvalue weighted by atomic mass is 10.1. The molecule has 0 atom stereocenters. The van der Waals surface area contributed by atoms with Crippen LogP contribution in [0.15, 0.2) is 46.8 Å². The molecule has 2 aromatic rings. The lowest BCUT2D eigenvalue weighted by Gasteiger charge is -2.22. The van der Waals surface area contributed by atoms with Crippen LogP contribution in [0.5, 0.6) is 0 Å². The van der Waals surface area contributed by atoms with Crippen LogP contribution in [0.3, 0.4) is 0 Å². The molecule has 0 fully saturated rings. The summed E-state index contributed by atoms with van der Waals surface area (Å²) >= 11 is 1.76. The number of benzene rings is 1. The van der Waals surface area contributed by atoms with Gasteiger partial charge in [-0.2, -0.15) is 0 Å². The van der Waals surface area contributed by atoms with Crippen LogP contribution >= 0.6 is 35.3 Å². The van der Waals surface area contributed by atoms with Gasteiger partial charge < -0.3 is 10.6 Å². The van der Waals surface area contributed by atoms with Crippen LogP contribution in [0.2, 0.25) is 0 Å². The molecule has 0 spiro atoms. The molecule has 0 unspecified atom stereocenters. The van der Waals surface area contributed by atoms with E-state index in [4.69, 9.17) is 4.99 Å². The Morgan fingerprint density at radius 3 is 2.46 bits per heavy atom. The first-order valence-electron chi connectivity index (χ1n) is 8.91. The standard InChI is InChI=1S/C20H30N4S.HI/c1-5-21-20(23-14-19-11-8-12-25-19)22-13-17-9-6-7-10-18(17)15-24(4)16(2)3;/h6-12,16H,5,13-15H2,1-4H3,(H2,21,22,23);1H. The molecule has 2 rings (SSSR count). The van der Waals surface area contributed by atoms with E-state index < -0.39 is 0 Å². The minimum atomic E-state index is 0.